The minimum atomic E-state index is -0.894. The number of amides is 1. The number of benzene rings is 1. The number of carboxylic acids is 1. The van der Waals surface area contributed by atoms with Crippen LogP contribution in [0, 0.1) is 0 Å². The van der Waals surface area contributed by atoms with E-state index in [1.165, 1.54) is 0 Å². The molecule has 5 nitrogen and oxygen atoms in total. The molecule has 1 amide bonds. The van der Waals surface area contributed by atoms with Crippen molar-refractivity contribution >= 4 is 11.9 Å². The smallest absolute Gasteiger partial charge is 0.305 e. The van der Waals surface area contributed by atoms with Crippen molar-refractivity contribution in [1.29, 1.82) is 0 Å². The Labute approximate surface area is 119 Å². The number of rotatable bonds is 8. The number of unbranched alkanes of at least 4 members (excludes halogenated alkanes) is 1. The summed E-state index contributed by atoms with van der Waals surface area (Å²) < 4.78 is 5.05. The molecule has 1 aromatic carbocycles. The van der Waals surface area contributed by atoms with E-state index in [1.54, 1.807) is 36.3 Å². The molecule has 0 unspecified atom stereocenters. The van der Waals surface area contributed by atoms with E-state index in [2.05, 4.69) is 0 Å². The van der Waals surface area contributed by atoms with Gasteiger partial charge in [-0.1, -0.05) is 13.3 Å². The van der Waals surface area contributed by atoms with Crippen LogP contribution in [0.25, 0.3) is 0 Å². The minimum absolute atomic E-state index is 0.0361. The summed E-state index contributed by atoms with van der Waals surface area (Å²) in [5.41, 5.74) is 0.548. The van der Waals surface area contributed by atoms with E-state index < -0.39 is 5.97 Å². The Morgan fingerprint density at radius 3 is 2.35 bits per heavy atom. The standard InChI is InChI=1S/C15H21NO4/c1-3-4-10-16(11-9-14(17)18)15(19)12-5-7-13(20-2)8-6-12/h5-8H,3-4,9-11H2,1-2H3,(H,17,18). The first-order valence-electron chi connectivity index (χ1n) is 6.73. The minimum Gasteiger partial charge on any atom is -0.497 e. The van der Waals surface area contributed by atoms with Gasteiger partial charge < -0.3 is 14.7 Å². The number of carbonyl (C=O) groups is 2. The summed E-state index contributed by atoms with van der Waals surface area (Å²) in [6.07, 6.45) is 1.78. The summed E-state index contributed by atoms with van der Waals surface area (Å²) in [4.78, 5) is 24.6. The summed E-state index contributed by atoms with van der Waals surface area (Å²) in [5, 5.41) is 8.75. The molecular weight excluding hydrogens is 258 g/mol. The Hall–Kier alpha value is -2.04. The van der Waals surface area contributed by atoms with Gasteiger partial charge in [-0.25, -0.2) is 0 Å². The van der Waals surface area contributed by atoms with Gasteiger partial charge in [0.2, 0.25) is 0 Å². The monoisotopic (exact) mass is 279 g/mol. The van der Waals surface area contributed by atoms with Crippen molar-refractivity contribution in [3.8, 4) is 5.75 Å². The summed E-state index contributed by atoms with van der Waals surface area (Å²) in [6.45, 7) is 2.85. The van der Waals surface area contributed by atoms with Gasteiger partial charge in [0.1, 0.15) is 5.75 Å². The third-order valence-electron chi connectivity index (χ3n) is 3.00. The highest BCUT2D eigenvalue weighted by molar-refractivity contribution is 5.94. The first-order valence-corrected chi connectivity index (χ1v) is 6.73. The predicted molar refractivity (Wildman–Crippen MR) is 76.1 cm³/mol. The van der Waals surface area contributed by atoms with Crippen LogP contribution in [0.15, 0.2) is 24.3 Å². The van der Waals surface area contributed by atoms with E-state index in [0.29, 0.717) is 17.9 Å². The topological polar surface area (TPSA) is 66.8 Å². The maximum atomic E-state index is 12.4. The number of nitrogens with zero attached hydrogens (tertiary/aromatic N) is 1. The zero-order chi connectivity index (χ0) is 15.0. The van der Waals surface area contributed by atoms with Crippen molar-refractivity contribution in [3.63, 3.8) is 0 Å². The van der Waals surface area contributed by atoms with Gasteiger partial charge in [0.15, 0.2) is 0 Å². The molecule has 0 saturated heterocycles. The maximum Gasteiger partial charge on any atom is 0.305 e. The number of hydrogen-bond donors (Lipinski definition) is 1. The second-order valence-corrected chi connectivity index (χ2v) is 4.52. The highest BCUT2D eigenvalue weighted by atomic mass is 16.5. The Bertz CT molecular complexity index is 442. The number of ether oxygens (including phenoxy) is 1. The van der Waals surface area contributed by atoms with E-state index in [4.69, 9.17) is 9.84 Å². The zero-order valence-corrected chi connectivity index (χ0v) is 12.0. The van der Waals surface area contributed by atoms with Crippen LogP contribution in [-0.2, 0) is 4.79 Å². The van der Waals surface area contributed by atoms with E-state index in [0.717, 1.165) is 12.8 Å². The lowest BCUT2D eigenvalue weighted by atomic mass is 10.1. The van der Waals surface area contributed by atoms with Crippen molar-refractivity contribution in [3.05, 3.63) is 29.8 Å². The van der Waals surface area contributed by atoms with E-state index >= 15 is 0 Å². The number of carboxylic acid groups (broad SMARTS) is 1. The molecule has 0 saturated carbocycles. The average molecular weight is 279 g/mol. The third kappa shape index (κ3) is 4.91. The van der Waals surface area contributed by atoms with Crippen LogP contribution in [0.5, 0.6) is 5.75 Å². The molecule has 1 aromatic rings. The van der Waals surface area contributed by atoms with Gasteiger partial charge >= 0.3 is 5.97 Å². The molecule has 0 aliphatic heterocycles. The summed E-state index contributed by atoms with van der Waals surface area (Å²) in [6, 6.07) is 6.84. The Morgan fingerprint density at radius 1 is 1.20 bits per heavy atom. The van der Waals surface area contributed by atoms with Gasteiger partial charge in [0, 0.05) is 18.7 Å². The lowest BCUT2D eigenvalue weighted by molar-refractivity contribution is -0.137. The first-order chi connectivity index (χ1) is 9.58. The Morgan fingerprint density at radius 2 is 1.85 bits per heavy atom. The van der Waals surface area contributed by atoms with E-state index in [9.17, 15) is 9.59 Å². The molecule has 0 aliphatic rings. The van der Waals surface area contributed by atoms with Crippen LogP contribution < -0.4 is 4.74 Å². The molecule has 0 heterocycles. The fourth-order valence-corrected chi connectivity index (χ4v) is 1.81. The lowest BCUT2D eigenvalue weighted by Crippen LogP contribution is -2.33. The summed E-state index contributed by atoms with van der Waals surface area (Å²) in [5.74, 6) is -0.344. The van der Waals surface area contributed by atoms with E-state index in [1.807, 2.05) is 6.92 Å². The largest absolute Gasteiger partial charge is 0.497 e. The highest BCUT2D eigenvalue weighted by Gasteiger charge is 2.16. The van der Waals surface area contributed by atoms with Crippen molar-refractivity contribution in [2.45, 2.75) is 26.2 Å². The quantitative estimate of drug-likeness (QED) is 0.793. The third-order valence-corrected chi connectivity index (χ3v) is 3.00. The van der Waals surface area contributed by atoms with Gasteiger partial charge in [-0.15, -0.1) is 0 Å². The Balaban J connectivity index is 2.76. The molecule has 20 heavy (non-hydrogen) atoms. The first kappa shape index (κ1) is 16.0. The number of hydrogen-bond acceptors (Lipinski definition) is 3. The van der Waals surface area contributed by atoms with Crippen LogP contribution in [0.4, 0.5) is 0 Å². The fraction of sp³-hybridized carbons (Fsp3) is 0.467. The molecule has 0 spiro atoms. The van der Waals surface area contributed by atoms with Crippen LogP contribution in [0.1, 0.15) is 36.5 Å². The number of aliphatic carboxylic acids is 1. The zero-order valence-electron chi connectivity index (χ0n) is 12.0. The molecule has 0 fully saturated rings. The summed E-state index contributed by atoms with van der Waals surface area (Å²) in [7, 11) is 1.57. The molecule has 5 heteroatoms. The summed E-state index contributed by atoms with van der Waals surface area (Å²) >= 11 is 0. The predicted octanol–water partition coefficient (Wildman–Crippen LogP) is 2.41. The van der Waals surface area contributed by atoms with Gasteiger partial charge in [0.05, 0.1) is 13.5 Å². The fourth-order valence-electron chi connectivity index (χ4n) is 1.81. The van der Waals surface area contributed by atoms with Crippen LogP contribution in [0.2, 0.25) is 0 Å². The molecular formula is C15H21NO4. The molecule has 1 N–H and O–H groups in total. The van der Waals surface area contributed by atoms with Gasteiger partial charge in [-0.05, 0) is 30.7 Å². The van der Waals surface area contributed by atoms with Gasteiger partial charge in [0.25, 0.3) is 5.91 Å². The van der Waals surface area contributed by atoms with Crippen molar-refractivity contribution in [2.24, 2.45) is 0 Å². The second-order valence-electron chi connectivity index (χ2n) is 4.52. The molecule has 1 rings (SSSR count). The lowest BCUT2D eigenvalue weighted by Gasteiger charge is -2.22. The number of methoxy groups -OCH3 is 1. The van der Waals surface area contributed by atoms with Crippen LogP contribution in [-0.4, -0.2) is 42.1 Å². The van der Waals surface area contributed by atoms with Crippen LogP contribution in [0.3, 0.4) is 0 Å². The molecule has 0 atom stereocenters. The van der Waals surface area contributed by atoms with Crippen molar-refractivity contribution in [1.82, 2.24) is 4.90 Å². The average Bonchev–Trinajstić information content (AvgIpc) is 2.46. The molecule has 0 radical (unpaired) electrons. The molecule has 0 bridgehead atoms. The van der Waals surface area contributed by atoms with Gasteiger partial charge in [-0.2, -0.15) is 0 Å². The Kier molecular flexibility index (Phi) is 6.56. The second kappa shape index (κ2) is 8.19. The van der Waals surface area contributed by atoms with Gasteiger partial charge in [-0.3, -0.25) is 9.59 Å². The SMILES string of the molecule is CCCCN(CCC(=O)O)C(=O)c1ccc(OC)cc1. The molecule has 0 aliphatic carbocycles. The maximum absolute atomic E-state index is 12.4. The van der Waals surface area contributed by atoms with Crippen LogP contribution >= 0.6 is 0 Å². The highest BCUT2D eigenvalue weighted by Crippen LogP contribution is 2.13. The molecule has 110 valence electrons. The normalized spacial score (nSPS) is 10.1. The number of carbonyl (C=O) groups excluding carboxylic acids is 1. The van der Waals surface area contributed by atoms with Crippen molar-refractivity contribution in [2.75, 3.05) is 20.2 Å². The van der Waals surface area contributed by atoms with Crippen molar-refractivity contribution < 1.29 is 19.4 Å². The van der Waals surface area contributed by atoms with E-state index in [-0.39, 0.29) is 18.9 Å². The molecule has 0 aromatic heterocycles.